The van der Waals surface area contributed by atoms with Crippen LogP contribution < -0.4 is 4.74 Å². The molecule has 0 radical (unpaired) electrons. The number of nitrogens with one attached hydrogen (secondary N) is 1. The number of methoxy groups -OCH3 is 1. The minimum Gasteiger partial charge on any atom is -0.497 e. The third-order valence-electron chi connectivity index (χ3n) is 3.25. The van der Waals surface area contributed by atoms with Crippen molar-refractivity contribution in [1.82, 2.24) is 9.55 Å². The van der Waals surface area contributed by atoms with Gasteiger partial charge in [0, 0.05) is 6.07 Å². The second-order valence-electron chi connectivity index (χ2n) is 4.44. The van der Waals surface area contributed by atoms with E-state index < -0.39 is 0 Å². The van der Waals surface area contributed by atoms with Crippen molar-refractivity contribution in [2.24, 2.45) is 0 Å². The van der Waals surface area contributed by atoms with Gasteiger partial charge in [-0.15, -0.1) is 0 Å². The van der Waals surface area contributed by atoms with Gasteiger partial charge in [0.1, 0.15) is 5.75 Å². The van der Waals surface area contributed by atoms with Crippen molar-refractivity contribution in [2.75, 3.05) is 7.11 Å². The molecule has 3 aromatic rings. The molecule has 96 valence electrons. The highest BCUT2D eigenvalue weighted by Crippen LogP contribution is 2.24. The Morgan fingerprint density at radius 2 is 1.95 bits per heavy atom. The van der Waals surface area contributed by atoms with Gasteiger partial charge in [0.2, 0.25) is 0 Å². The number of fused-ring (bicyclic) bond motifs is 1. The van der Waals surface area contributed by atoms with Crippen LogP contribution in [0.2, 0.25) is 0 Å². The molecular formula is C15H14N2OS. The van der Waals surface area contributed by atoms with Crippen molar-refractivity contribution in [2.45, 2.75) is 6.92 Å². The smallest absolute Gasteiger partial charge is 0.182 e. The molecule has 0 unspecified atom stereocenters. The van der Waals surface area contributed by atoms with E-state index in [4.69, 9.17) is 17.0 Å². The molecule has 2 aromatic carbocycles. The van der Waals surface area contributed by atoms with Crippen LogP contribution in [0.1, 0.15) is 5.56 Å². The van der Waals surface area contributed by atoms with Crippen molar-refractivity contribution in [3.8, 4) is 11.4 Å². The molecule has 0 fully saturated rings. The van der Waals surface area contributed by atoms with Crippen LogP contribution in [0.4, 0.5) is 0 Å². The SMILES string of the molecule is COc1ccc2c(c1)[nH]c(=S)n2-c1ccccc1C. The van der Waals surface area contributed by atoms with E-state index in [1.807, 2.05) is 30.3 Å². The fraction of sp³-hybridized carbons (Fsp3) is 0.133. The Morgan fingerprint density at radius 1 is 1.16 bits per heavy atom. The van der Waals surface area contributed by atoms with Crippen molar-refractivity contribution in [1.29, 1.82) is 0 Å². The summed E-state index contributed by atoms with van der Waals surface area (Å²) < 4.78 is 7.98. The van der Waals surface area contributed by atoms with Crippen LogP contribution in [0, 0.1) is 11.7 Å². The molecule has 0 bridgehead atoms. The number of hydrogen-bond acceptors (Lipinski definition) is 2. The maximum Gasteiger partial charge on any atom is 0.182 e. The molecule has 4 heteroatoms. The van der Waals surface area contributed by atoms with Gasteiger partial charge in [-0.1, -0.05) is 18.2 Å². The summed E-state index contributed by atoms with van der Waals surface area (Å²) in [4.78, 5) is 3.23. The quantitative estimate of drug-likeness (QED) is 0.713. The number of para-hydroxylation sites is 1. The standard InChI is InChI=1S/C15H14N2OS/c1-10-5-3-4-6-13(10)17-14-8-7-11(18-2)9-12(14)16-15(17)19/h3-9H,1-2H3,(H,16,19). The van der Waals surface area contributed by atoms with Crippen LogP contribution in [0.25, 0.3) is 16.7 Å². The Hall–Kier alpha value is -2.07. The molecule has 1 heterocycles. The predicted octanol–water partition coefficient (Wildman–Crippen LogP) is 4.01. The van der Waals surface area contributed by atoms with Crippen LogP contribution >= 0.6 is 12.2 Å². The van der Waals surface area contributed by atoms with E-state index >= 15 is 0 Å². The lowest BCUT2D eigenvalue weighted by Crippen LogP contribution is -1.96. The summed E-state index contributed by atoms with van der Waals surface area (Å²) in [6, 6.07) is 14.1. The van der Waals surface area contributed by atoms with Gasteiger partial charge in [0.25, 0.3) is 0 Å². The van der Waals surface area contributed by atoms with Crippen molar-refractivity contribution in [3.63, 3.8) is 0 Å². The number of aromatic nitrogens is 2. The number of hydrogen-bond donors (Lipinski definition) is 1. The molecule has 3 nitrogen and oxygen atoms in total. The molecule has 0 spiro atoms. The van der Waals surface area contributed by atoms with Gasteiger partial charge in [0.15, 0.2) is 4.77 Å². The number of nitrogens with zero attached hydrogens (tertiary/aromatic N) is 1. The van der Waals surface area contributed by atoms with E-state index in [-0.39, 0.29) is 0 Å². The first-order valence-electron chi connectivity index (χ1n) is 6.05. The lowest BCUT2D eigenvalue weighted by Gasteiger charge is -2.08. The van der Waals surface area contributed by atoms with Crippen LogP contribution in [0.5, 0.6) is 5.75 Å². The van der Waals surface area contributed by atoms with E-state index in [1.165, 1.54) is 5.56 Å². The summed E-state index contributed by atoms with van der Waals surface area (Å²) in [5.74, 6) is 0.820. The normalized spacial score (nSPS) is 10.8. The minimum atomic E-state index is 0.692. The average Bonchev–Trinajstić information content (AvgIpc) is 2.74. The Balaban J connectivity index is 2.33. The highest BCUT2D eigenvalue weighted by Gasteiger charge is 2.08. The lowest BCUT2D eigenvalue weighted by molar-refractivity contribution is 0.415. The topological polar surface area (TPSA) is 29.9 Å². The first-order valence-corrected chi connectivity index (χ1v) is 6.46. The van der Waals surface area contributed by atoms with E-state index in [2.05, 4.69) is 28.6 Å². The van der Waals surface area contributed by atoms with Gasteiger partial charge in [0.05, 0.1) is 23.8 Å². The molecule has 1 aromatic heterocycles. The third kappa shape index (κ3) is 1.94. The van der Waals surface area contributed by atoms with Gasteiger partial charge >= 0.3 is 0 Å². The Bertz CT molecular complexity index is 801. The molecule has 0 aliphatic carbocycles. The van der Waals surface area contributed by atoms with E-state index in [0.717, 1.165) is 22.5 Å². The maximum atomic E-state index is 5.44. The summed E-state index contributed by atoms with van der Waals surface area (Å²) in [6.45, 7) is 2.08. The Kier molecular flexibility index (Phi) is 2.87. The molecule has 0 saturated heterocycles. The van der Waals surface area contributed by atoms with Crippen molar-refractivity contribution < 1.29 is 4.74 Å². The summed E-state index contributed by atoms with van der Waals surface area (Å²) in [6.07, 6.45) is 0. The zero-order valence-electron chi connectivity index (χ0n) is 10.8. The zero-order valence-corrected chi connectivity index (χ0v) is 11.6. The van der Waals surface area contributed by atoms with Crippen LogP contribution in [0.3, 0.4) is 0 Å². The summed E-state index contributed by atoms with van der Waals surface area (Å²) in [5.41, 5.74) is 4.33. The Morgan fingerprint density at radius 3 is 2.68 bits per heavy atom. The first-order chi connectivity index (χ1) is 9.20. The second kappa shape index (κ2) is 4.55. The second-order valence-corrected chi connectivity index (χ2v) is 4.82. The van der Waals surface area contributed by atoms with Crippen molar-refractivity contribution in [3.05, 3.63) is 52.8 Å². The third-order valence-corrected chi connectivity index (χ3v) is 3.53. The molecule has 0 amide bonds. The highest BCUT2D eigenvalue weighted by molar-refractivity contribution is 7.71. The maximum absolute atomic E-state index is 5.44. The zero-order chi connectivity index (χ0) is 13.4. The molecule has 0 saturated carbocycles. The number of aryl methyl sites for hydroxylation is 1. The molecular weight excluding hydrogens is 256 g/mol. The number of H-pyrrole nitrogens is 1. The predicted molar refractivity (Wildman–Crippen MR) is 79.7 cm³/mol. The van der Waals surface area contributed by atoms with Crippen LogP contribution in [0.15, 0.2) is 42.5 Å². The fourth-order valence-electron chi connectivity index (χ4n) is 2.27. The fourth-order valence-corrected chi connectivity index (χ4v) is 2.58. The molecule has 1 N–H and O–H groups in total. The first kappa shape index (κ1) is 12.0. The Labute approximate surface area is 116 Å². The molecule has 0 atom stereocenters. The van der Waals surface area contributed by atoms with Gasteiger partial charge < -0.3 is 9.72 Å². The number of rotatable bonds is 2. The summed E-state index contributed by atoms with van der Waals surface area (Å²) in [7, 11) is 1.66. The summed E-state index contributed by atoms with van der Waals surface area (Å²) >= 11 is 5.44. The van der Waals surface area contributed by atoms with Gasteiger partial charge in [-0.05, 0) is 42.9 Å². The largest absolute Gasteiger partial charge is 0.497 e. The van der Waals surface area contributed by atoms with Gasteiger partial charge in [-0.3, -0.25) is 4.57 Å². The molecule has 0 aliphatic heterocycles. The van der Waals surface area contributed by atoms with Crippen LogP contribution in [-0.4, -0.2) is 16.7 Å². The van der Waals surface area contributed by atoms with E-state index in [1.54, 1.807) is 7.11 Å². The molecule has 0 aliphatic rings. The van der Waals surface area contributed by atoms with Crippen LogP contribution in [-0.2, 0) is 0 Å². The minimum absolute atomic E-state index is 0.692. The summed E-state index contributed by atoms with van der Waals surface area (Å²) in [5, 5.41) is 0. The average molecular weight is 270 g/mol. The van der Waals surface area contributed by atoms with Gasteiger partial charge in [-0.25, -0.2) is 0 Å². The van der Waals surface area contributed by atoms with E-state index in [9.17, 15) is 0 Å². The van der Waals surface area contributed by atoms with Crippen molar-refractivity contribution >= 4 is 23.3 Å². The number of ether oxygens (including phenoxy) is 1. The lowest BCUT2D eigenvalue weighted by atomic mass is 10.2. The molecule has 19 heavy (non-hydrogen) atoms. The number of imidazole rings is 1. The molecule has 3 rings (SSSR count). The monoisotopic (exact) mass is 270 g/mol. The van der Waals surface area contributed by atoms with Gasteiger partial charge in [-0.2, -0.15) is 0 Å². The highest BCUT2D eigenvalue weighted by atomic mass is 32.1. The number of benzene rings is 2. The van der Waals surface area contributed by atoms with E-state index in [0.29, 0.717) is 4.77 Å². The number of aromatic amines is 1.